The number of carbonyl (C=O) groups is 2. The summed E-state index contributed by atoms with van der Waals surface area (Å²) in [5.74, 6) is 0.229. The molecule has 128 valence electrons. The van der Waals surface area contributed by atoms with Crippen molar-refractivity contribution in [3.63, 3.8) is 0 Å². The lowest BCUT2D eigenvalue weighted by molar-refractivity contribution is -0.118. The Balaban J connectivity index is 1.61. The molecule has 1 N–H and O–H groups in total. The van der Waals surface area contributed by atoms with Gasteiger partial charge in [-0.25, -0.2) is 4.79 Å². The molecule has 0 aromatic heterocycles. The molecule has 5 heteroatoms. The van der Waals surface area contributed by atoms with E-state index >= 15 is 0 Å². The van der Waals surface area contributed by atoms with Crippen LogP contribution in [0.25, 0.3) is 11.1 Å². The van der Waals surface area contributed by atoms with Crippen LogP contribution in [0.15, 0.2) is 72.8 Å². The first-order valence-corrected chi connectivity index (χ1v) is 8.14. The molecular weight excluding hydrogens is 330 g/mol. The van der Waals surface area contributed by atoms with Crippen LogP contribution in [0.4, 0.5) is 5.69 Å². The monoisotopic (exact) mass is 345 g/mol. The van der Waals surface area contributed by atoms with E-state index in [1.165, 1.54) is 0 Å². The number of para-hydroxylation sites is 1. The van der Waals surface area contributed by atoms with E-state index < -0.39 is 5.97 Å². The van der Waals surface area contributed by atoms with E-state index in [-0.39, 0.29) is 12.5 Å². The predicted octanol–water partition coefficient (Wildman–Crippen LogP) is 3.90. The van der Waals surface area contributed by atoms with Gasteiger partial charge >= 0.3 is 5.97 Å². The molecule has 3 aromatic carbocycles. The van der Waals surface area contributed by atoms with Gasteiger partial charge in [0.15, 0.2) is 6.61 Å². The molecule has 1 heterocycles. The Morgan fingerprint density at radius 1 is 0.962 bits per heavy atom. The lowest BCUT2D eigenvalue weighted by Gasteiger charge is -2.18. The summed E-state index contributed by atoms with van der Waals surface area (Å²) >= 11 is 0. The molecule has 0 aliphatic carbocycles. The maximum Gasteiger partial charge on any atom is 0.343 e. The van der Waals surface area contributed by atoms with E-state index in [4.69, 9.17) is 9.47 Å². The van der Waals surface area contributed by atoms with Crippen molar-refractivity contribution < 1.29 is 19.1 Å². The fourth-order valence-corrected chi connectivity index (χ4v) is 2.77. The van der Waals surface area contributed by atoms with Crippen LogP contribution < -0.4 is 14.8 Å². The van der Waals surface area contributed by atoms with Crippen LogP contribution >= 0.6 is 0 Å². The Bertz CT molecular complexity index is 982. The highest BCUT2D eigenvalue weighted by Gasteiger charge is 2.19. The van der Waals surface area contributed by atoms with Gasteiger partial charge in [-0.05, 0) is 29.8 Å². The molecule has 0 atom stereocenters. The number of hydrogen-bond acceptors (Lipinski definition) is 4. The van der Waals surface area contributed by atoms with E-state index in [9.17, 15) is 9.59 Å². The van der Waals surface area contributed by atoms with Gasteiger partial charge in [0.1, 0.15) is 11.5 Å². The van der Waals surface area contributed by atoms with Crippen LogP contribution in [0.3, 0.4) is 0 Å². The molecule has 0 fully saturated rings. The van der Waals surface area contributed by atoms with Crippen molar-refractivity contribution in [2.75, 3.05) is 11.9 Å². The summed E-state index contributed by atoms with van der Waals surface area (Å²) in [6, 6.07) is 21.9. The topological polar surface area (TPSA) is 64.6 Å². The predicted molar refractivity (Wildman–Crippen MR) is 97.4 cm³/mol. The van der Waals surface area contributed by atoms with E-state index in [0.29, 0.717) is 22.7 Å². The van der Waals surface area contributed by atoms with E-state index in [1.54, 1.807) is 24.3 Å². The molecular formula is C21H15NO4. The Morgan fingerprint density at radius 2 is 1.73 bits per heavy atom. The van der Waals surface area contributed by atoms with Gasteiger partial charge in [0.25, 0.3) is 5.91 Å². The lowest BCUT2D eigenvalue weighted by atomic mass is 10.0. The Labute approximate surface area is 150 Å². The number of nitrogens with one attached hydrogen (secondary N) is 1. The van der Waals surface area contributed by atoms with Gasteiger partial charge in [-0.2, -0.15) is 0 Å². The fraction of sp³-hybridized carbons (Fsp3) is 0.0476. The third-order valence-corrected chi connectivity index (χ3v) is 4.02. The highest BCUT2D eigenvalue weighted by atomic mass is 16.5. The van der Waals surface area contributed by atoms with Crippen LogP contribution in [-0.4, -0.2) is 18.5 Å². The van der Waals surface area contributed by atoms with Gasteiger partial charge < -0.3 is 14.8 Å². The van der Waals surface area contributed by atoms with Gasteiger partial charge in [-0.1, -0.05) is 48.5 Å². The highest BCUT2D eigenvalue weighted by Crippen LogP contribution is 2.32. The van der Waals surface area contributed by atoms with E-state index in [2.05, 4.69) is 5.32 Å². The van der Waals surface area contributed by atoms with Crippen LogP contribution in [0.1, 0.15) is 10.4 Å². The summed E-state index contributed by atoms with van der Waals surface area (Å²) in [6.45, 7) is -0.0671. The largest absolute Gasteiger partial charge is 0.482 e. The fourth-order valence-electron chi connectivity index (χ4n) is 2.77. The number of hydrogen-bond donors (Lipinski definition) is 1. The molecule has 0 unspecified atom stereocenters. The third kappa shape index (κ3) is 3.15. The van der Waals surface area contributed by atoms with Crippen LogP contribution in [-0.2, 0) is 4.79 Å². The highest BCUT2D eigenvalue weighted by molar-refractivity contribution is 5.98. The Kier molecular flexibility index (Phi) is 4.11. The molecule has 0 saturated heterocycles. The van der Waals surface area contributed by atoms with Crippen molar-refractivity contribution in [3.8, 4) is 22.6 Å². The first-order valence-electron chi connectivity index (χ1n) is 8.14. The van der Waals surface area contributed by atoms with Gasteiger partial charge in [0.2, 0.25) is 0 Å². The summed E-state index contributed by atoms with van der Waals surface area (Å²) in [4.78, 5) is 23.9. The SMILES string of the molecule is O=C1COc2cc(C(=O)Oc3ccccc3-c3ccccc3)ccc2N1. The lowest BCUT2D eigenvalue weighted by Crippen LogP contribution is -2.25. The number of carbonyl (C=O) groups excluding carboxylic acids is 2. The molecule has 0 bridgehead atoms. The number of benzene rings is 3. The zero-order valence-corrected chi connectivity index (χ0v) is 13.8. The Morgan fingerprint density at radius 3 is 2.58 bits per heavy atom. The number of rotatable bonds is 3. The minimum atomic E-state index is -0.489. The minimum absolute atomic E-state index is 0.0671. The molecule has 26 heavy (non-hydrogen) atoms. The Hall–Kier alpha value is -3.60. The molecule has 0 saturated carbocycles. The third-order valence-electron chi connectivity index (χ3n) is 4.02. The number of fused-ring (bicyclic) bond motifs is 1. The van der Waals surface area contributed by atoms with Gasteiger partial charge in [0, 0.05) is 5.56 Å². The molecule has 1 amide bonds. The first kappa shape index (κ1) is 15.9. The molecule has 4 rings (SSSR count). The van der Waals surface area contributed by atoms with Crippen LogP contribution in [0, 0.1) is 0 Å². The molecule has 0 radical (unpaired) electrons. The standard InChI is InChI=1S/C21H15NO4/c23-20-13-25-19-12-15(10-11-17(19)22-20)21(24)26-18-9-5-4-8-16(18)14-6-2-1-3-7-14/h1-12H,13H2,(H,22,23). The molecule has 1 aliphatic rings. The summed E-state index contributed by atoms with van der Waals surface area (Å²) in [6.07, 6.45) is 0. The van der Waals surface area contributed by atoms with Gasteiger partial charge in [-0.3, -0.25) is 4.79 Å². The summed E-state index contributed by atoms with van der Waals surface area (Å²) in [5.41, 5.74) is 2.69. The number of anilines is 1. The second-order valence-electron chi connectivity index (χ2n) is 5.80. The average Bonchev–Trinajstić information content (AvgIpc) is 2.68. The van der Waals surface area contributed by atoms with Crippen molar-refractivity contribution in [2.24, 2.45) is 0 Å². The molecule has 3 aromatic rings. The quantitative estimate of drug-likeness (QED) is 0.577. The maximum absolute atomic E-state index is 12.6. The van der Waals surface area contributed by atoms with E-state index in [1.807, 2.05) is 48.5 Å². The average molecular weight is 345 g/mol. The van der Waals surface area contributed by atoms with Crippen molar-refractivity contribution >= 4 is 17.6 Å². The second kappa shape index (κ2) is 6.72. The van der Waals surface area contributed by atoms with Crippen molar-refractivity contribution in [2.45, 2.75) is 0 Å². The minimum Gasteiger partial charge on any atom is -0.482 e. The van der Waals surface area contributed by atoms with Crippen molar-refractivity contribution in [1.82, 2.24) is 0 Å². The molecule has 0 spiro atoms. The second-order valence-corrected chi connectivity index (χ2v) is 5.80. The normalized spacial score (nSPS) is 12.5. The molecule has 1 aliphatic heterocycles. The number of esters is 1. The summed E-state index contributed by atoms with van der Waals surface area (Å²) in [5, 5.41) is 2.69. The van der Waals surface area contributed by atoms with Gasteiger partial charge in [0.05, 0.1) is 11.3 Å². The van der Waals surface area contributed by atoms with Crippen molar-refractivity contribution in [1.29, 1.82) is 0 Å². The van der Waals surface area contributed by atoms with Crippen molar-refractivity contribution in [3.05, 3.63) is 78.4 Å². The zero-order chi connectivity index (χ0) is 17.9. The zero-order valence-electron chi connectivity index (χ0n) is 13.8. The number of amides is 1. The van der Waals surface area contributed by atoms with Crippen LogP contribution in [0.5, 0.6) is 11.5 Å². The number of ether oxygens (including phenoxy) is 2. The smallest absolute Gasteiger partial charge is 0.343 e. The van der Waals surface area contributed by atoms with E-state index in [0.717, 1.165) is 11.1 Å². The first-order chi connectivity index (χ1) is 12.7. The summed E-state index contributed by atoms with van der Waals surface area (Å²) in [7, 11) is 0. The van der Waals surface area contributed by atoms with Gasteiger partial charge in [-0.15, -0.1) is 0 Å². The van der Waals surface area contributed by atoms with Crippen LogP contribution in [0.2, 0.25) is 0 Å². The maximum atomic E-state index is 12.6. The summed E-state index contributed by atoms with van der Waals surface area (Å²) < 4.78 is 11.0. The molecule has 5 nitrogen and oxygen atoms in total.